The average Bonchev–Trinajstić information content (AvgIpc) is 2.68. The Morgan fingerprint density at radius 3 is 2.52 bits per heavy atom. The molecule has 0 aliphatic heterocycles. The number of ether oxygens (including phenoxy) is 1. The summed E-state index contributed by atoms with van der Waals surface area (Å²) in [7, 11) is 0. The van der Waals surface area contributed by atoms with Crippen LogP contribution in [0.4, 0.5) is 4.39 Å². The van der Waals surface area contributed by atoms with Crippen molar-refractivity contribution in [1.29, 1.82) is 0 Å². The summed E-state index contributed by atoms with van der Waals surface area (Å²) in [6.07, 6.45) is 0. The number of carbonyl (C=O) groups is 1. The molecule has 1 atom stereocenters. The van der Waals surface area contributed by atoms with Gasteiger partial charge in [0.25, 0.3) is 5.91 Å². The van der Waals surface area contributed by atoms with Crippen LogP contribution in [-0.2, 0) is 6.61 Å². The molecule has 5 heteroatoms. The molecule has 1 N–H and O–H groups in total. The van der Waals surface area contributed by atoms with Crippen molar-refractivity contribution in [2.75, 3.05) is 0 Å². The van der Waals surface area contributed by atoms with Crippen molar-refractivity contribution in [1.82, 2.24) is 5.32 Å². The number of benzene rings is 3. The number of halogens is 2. The quantitative estimate of drug-likeness (QED) is 0.606. The molecule has 0 radical (unpaired) electrons. The Morgan fingerprint density at radius 2 is 1.78 bits per heavy atom. The lowest BCUT2D eigenvalue weighted by molar-refractivity contribution is 0.0937. The molecule has 0 aliphatic rings. The van der Waals surface area contributed by atoms with Gasteiger partial charge in [0.1, 0.15) is 6.61 Å². The van der Waals surface area contributed by atoms with Gasteiger partial charge in [-0.15, -0.1) is 0 Å². The zero-order chi connectivity index (χ0) is 19.2. The van der Waals surface area contributed by atoms with Crippen molar-refractivity contribution in [3.63, 3.8) is 0 Å². The molecule has 0 bridgehead atoms. The molecule has 138 valence electrons. The van der Waals surface area contributed by atoms with E-state index in [-0.39, 0.29) is 24.3 Å². The Kier molecular flexibility index (Phi) is 6.09. The van der Waals surface area contributed by atoms with Crippen molar-refractivity contribution >= 4 is 17.5 Å². The average molecular weight is 384 g/mol. The van der Waals surface area contributed by atoms with E-state index in [4.69, 9.17) is 16.3 Å². The maximum Gasteiger partial charge on any atom is 0.252 e. The fraction of sp³-hybridized carbons (Fsp3) is 0.136. The molecular formula is C22H19ClFNO2. The molecule has 3 aromatic rings. The van der Waals surface area contributed by atoms with E-state index in [0.717, 1.165) is 5.56 Å². The molecule has 0 saturated heterocycles. The van der Waals surface area contributed by atoms with Crippen LogP contribution in [0.25, 0.3) is 0 Å². The van der Waals surface area contributed by atoms with Crippen LogP contribution in [0.5, 0.6) is 5.75 Å². The summed E-state index contributed by atoms with van der Waals surface area (Å²) < 4.78 is 19.3. The summed E-state index contributed by atoms with van der Waals surface area (Å²) in [6, 6.07) is 20.6. The predicted molar refractivity (Wildman–Crippen MR) is 105 cm³/mol. The molecule has 3 rings (SSSR count). The van der Waals surface area contributed by atoms with E-state index in [2.05, 4.69) is 5.32 Å². The largest absolute Gasteiger partial charge is 0.486 e. The first-order chi connectivity index (χ1) is 13.0. The number of rotatable bonds is 6. The van der Waals surface area contributed by atoms with Crippen LogP contribution in [0, 0.1) is 5.82 Å². The number of hydrogen-bond acceptors (Lipinski definition) is 2. The minimum absolute atomic E-state index is 0.0561. The zero-order valence-corrected chi connectivity index (χ0v) is 15.5. The van der Waals surface area contributed by atoms with Gasteiger partial charge >= 0.3 is 0 Å². The summed E-state index contributed by atoms with van der Waals surface area (Å²) in [6.45, 7) is 1.97. The lowest BCUT2D eigenvalue weighted by Crippen LogP contribution is -2.27. The highest BCUT2D eigenvalue weighted by Gasteiger charge is 2.16. The Morgan fingerprint density at radius 1 is 1.07 bits per heavy atom. The molecule has 0 fully saturated rings. The maximum atomic E-state index is 13.7. The molecule has 27 heavy (non-hydrogen) atoms. The molecule has 1 amide bonds. The standard InChI is InChI=1S/C22H19ClFNO2/c1-15(16-7-3-2-4-8-16)25-22(26)19-13-18(23)12-11-17(19)14-27-21-10-6-5-9-20(21)24/h2-13,15H,14H2,1H3,(H,25,26)/t15-/m0/s1. The fourth-order valence-electron chi connectivity index (χ4n) is 2.70. The zero-order valence-electron chi connectivity index (χ0n) is 14.8. The monoisotopic (exact) mass is 383 g/mol. The first-order valence-electron chi connectivity index (χ1n) is 8.56. The molecule has 0 aromatic heterocycles. The van der Waals surface area contributed by atoms with Gasteiger partial charge in [0.15, 0.2) is 11.6 Å². The molecule has 3 nitrogen and oxygen atoms in total. The van der Waals surface area contributed by atoms with Crippen LogP contribution >= 0.6 is 11.6 Å². The minimum atomic E-state index is -0.449. The van der Waals surface area contributed by atoms with Crippen LogP contribution in [0.15, 0.2) is 72.8 Å². The van der Waals surface area contributed by atoms with Crippen molar-refractivity contribution in [2.24, 2.45) is 0 Å². The Balaban J connectivity index is 1.77. The summed E-state index contributed by atoms with van der Waals surface area (Å²) in [5, 5.41) is 3.41. The summed E-state index contributed by atoms with van der Waals surface area (Å²) in [5.41, 5.74) is 2.03. The molecule has 0 spiro atoms. The summed E-state index contributed by atoms with van der Waals surface area (Å²) in [4.78, 5) is 12.8. The van der Waals surface area contributed by atoms with Crippen LogP contribution < -0.4 is 10.1 Å². The maximum absolute atomic E-state index is 13.7. The third-order valence-corrected chi connectivity index (χ3v) is 4.42. The Labute approximate surface area is 162 Å². The molecule has 0 saturated carbocycles. The van der Waals surface area contributed by atoms with Gasteiger partial charge in [-0.1, -0.05) is 60.1 Å². The van der Waals surface area contributed by atoms with Crippen LogP contribution in [0.1, 0.15) is 34.5 Å². The summed E-state index contributed by atoms with van der Waals surface area (Å²) in [5.74, 6) is -0.576. The third-order valence-electron chi connectivity index (χ3n) is 4.18. The number of hydrogen-bond donors (Lipinski definition) is 1. The predicted octanol–water partition coefficient (Wildman–Crippen LogP) is 5.55. The Hall–Kier alpha value is -2.85. The van der Waals surface area contributed by atoms with E-state index >= 15 is 0 Å². The van der Waals surface area contributed by atoms with Crippen molar-refractivity contribution in [3.8, 4) is 5.75 Å². The highest BCUT2D eigenvalue weighted by atomic mass is 35.5. The van der Waals surface area contributed by atoms with Gasteiger partial charge < -0.3 is 10.1 Å². The van der Waals surface area contributed by atoms with Gasteiger partial charge in [0.2, 0.25) is 0 Å². The van der Waals surface area contributed by atoms with E-state index < -0.39 is 5.82 Å². The normalized spacial score (nSPS) is 11.7. The molecular weight excluding hydrogens is 365 g/mol. The lowest BCUT2D eigenvalue weighted by Gasteiger charge is -2.17. The van der Waals surface area contributed by atoms with Crippen molar-refractivity contribution < 1.29 is 13.9 Å². The number of para-hydroxylation sites is 1. The molecule has 0 unspecified atom stereocenters. The Bertz CT molecular complexity index is 931. The number of carbonyl (C=O) groups excluding carboxylic acids is 1. The smallest absolute Gasteiger partial charge is 0.252 e. The van der Waals surface area contributed by atoms with E-state index in [1.54, 1.807) is 36.4 Å². The van der Waals surface area contributed by atoms with E-state index in [9.17, 15) is 9.18 Å². The van der Waals surface area contributed by atoms with Gasteiger partial charge in [0.05, 0.1) is 6.04 Å². The number of amides is 1. The second-order valence-electron chi connectivity index (χ2n) is 6.13. The van der Waals surface area contributed by atoms with E-state index in [1.165, 1.54) is 6.07 Å². The minimum Gasteiger partial charge on any atom is -0.486 e. The molecule has 3 aromatic carbocycles. The van der Waals surface area contributed by atoms with Gasteiger partial charge in [-0.25, -0.2) is 4.39 Å². The second-order valence-corrected chi connectivity index (χ2v) is 6.56. The first kappa shape index (κ1) is 18.9. The molecule has 0 heterocycles. The third kappa shape index (κ3) is 4.86. The number of nitrogens with one attached hydrogen (secondary N) is 1. The summed E-state index contributed by atoms with van der Waals surface area (Å²) >= 11 is 6.08. The molecule has 0 aliphatic carbocycles. The van der Waals surface area contributed by atoms with Gasteiger partial charge in [-0.05, 0) is 36.8 Å². The topological polar surface area (TPSA) is 38.3 Å². The fourth-order valence-corrected chi connectivity index (χ4v) is 2.87. The van der Waals surface area contributed by atoms with Crippen molar-refractivity contribution in [2.45, 2.75) is 19.6 Å². The first-order valence-corrected chi connectivity index (χ1v) is 8.94. The van der Waals surface area contributed by atoms with Gasteiger partial charge in [0, 0.05) is 16.1 Å². The van der Waals surface area contributed by atoms with E-state index in [1.807, 2.05) is 37.3 Å². The lowest BCUT2D eigenvalue weighted by atomic mass is 10.1. The van der Waals surface area contributed by atoms with Gasteiger partial charge in [-0.3, -0.25) is 4.79 Å². The van der Waals surface area contributed by atoms with Crippen LogP contribution in [0.3, 0.4) is 0 Å². The van der Waals surface area contributed by atoms with Crippen molar-refractivity contribution in [3.05, 3.63) is 100 Å². The van der Waals surface area contributed by atoms with Crippen LogP contribution in [0.2, 0.25) is 5.02 Å². The van der Waals surface area contributed by atoms with E-state index in [0.29, 0.717) is 16.1 Å². The second kappa shape index (κ2) is 8.69. The highest BCUT2D eigenvalue weighted by Crippen LogP contribution is 2.22. The van der Waals surface area contributed by atoms with Gasteiger partial charge in [-0.2, -0.15) is 0 Å². The SMILES string of the molecule is C[C@H](NC(=O)c1cc(Cl)ccc1COc1ccccc1F)c1ccccc1. The highest BCUT2D eigenvalue weighted by molar-refractivity contribution is 6.31. The van der Waals surface area contributed by atoms with Crippen LogP contribution in [-0.4, -0.2) is 5.91 Å².